The van der Waals surface area contributed by atoms with Gasteiger partial charge in [0.05, 0.1) is 23.4 Å². The third kappa shape index (κ3) is 4.24. The van der Waals surface area contributed by atoms with Gasteiger partial charge in [-0.3, -0.25) is 9.52 Å². The first kappa shape index (κ1) is 19.2. The lowest BCUT2D eigenvalue weighted by Crippen LogP contribution is -2.24. The summed E-state index contributed by atoms with van der Waals surface area (Å²) >= 11 is 0. The van der Waals surface area contributed by atoms with Crippen molar-refractivity contribution in [3.8, 4) is 5.75 Å². The molecule has 0 radical (unpaired) electrons. The fourth-order valence-corrected chi connectivity index (χ4v) is 4.25. The molecule has 0 aromatic heterocycles. The molecule has 0 saturated carbocycles. The second-order valence-electron chi connectivity index (χ2n) is 6.54. The standard InChI is InChI=1S/C20H24N2O4S/c1-3-5-15-7-10-17(11-8-15)27(24,25)21-16-9-12-18(19(14-16)26-2)22-13-4-6-20(22)23/h7-12,14,21H,3-6,13H2,1-2H3. The first-order valence-electron chi connectivity index (χ1n) is 9.05. The SMILES string of the molecule is CCCc1ccc(S(=O)(=O)Nc2ccc(N3CCCC3=O)c(OC)c2)cc1. The Hall–Kier alpha value is -2.54. The van der Waals surface area contributed by atoms with Crippen LogP contribution >= 0.6 is 0 Å². The summed E-state index contributed by atoms with van der Waals surface area (Å²) in [5.41, 5.74) is 2.16. The summed E-state index contributed by atoms with van der Waals surface area (Å²) in [5, 5.41) is 0. The number of aryl methyl sites for hydroxylation is 1. The van der Waals surface area contributed by atoms with E-state index in [4.69, 9.17) is 4.74 Å². The highest BCUT2D eigenvalue weighted by molar-refractivity contribution is 7.92. The van der Waals surface area contributed by atoms with Crippen LogP contribution in [0.25, 0.3) is 0 Å². The Morgan fingerprint density at radius 2 is 1.89 bits per heavy atom. The maximum atomic E-state index is 12.6. The molecule has 1 N–H and O–H groups in total. The third-order valence-corrected chi connectivity index (χ3v) is 5.97. The fraction of sp³-hybridized carbons (Fsp3) is 0.350. The summed E-state index contributed by atoms with van der Waals surface area (Å²) in [5.74, 6) is 0.512. The molecule has 1 aliphatic rings. The summed E-state index contributed by atoms with van der Waals surface area (Å²) < 4.78 is 33.3. The maximum absolute atomic E-state index is 12.6. The number of anilines is 2. The van der Waals surface area contributed by atoms with Crippen LogP contribution < -0.4 is 14.4 Å². The van der Waals surface area contributed by atoms with Crippen LogP contribution in [0.4, 0.5) is 11.4 Å². The van der Waals surface area contributed by atoms with Gasteiger partial charge in [0.15, 0.2) is 0 Å². The predicted molar refractivity (Wildman–Crippen MR) is 106 cm³/mol. The minimum absolute atomic E-state index is 0.0498. The van der Waals surface area contributed by atoms with E-state index < -0.39 is 10.0 Å². The minimum atomic E-state index is -3.70. The number of nitrogens with zero attached hydrogens (tertiary/aromatic N) is 1. The van der Waals surface area contributed by atoms with Gasteiger partial charge < -0.3 is 9.64 Å². The number of benzene rings is 2. The van der Waals surface area contributed by atoms with Crippen molar-refractivity contribution >= 4 is 27.3 Å². The molecule has 0 atom stereocenters. The van der Waals surface area contributed by atoms with Crippen LogP contribution in [-0.4, -0.2) is 28.0 Å². The zero-order valence-electron chi connectivity index (χ0n) is 15.6. The van der Waals surface area contributed by atoms with Crippen LogP contribution in [0.15, 0.2) is 47.4 Å². The summed E-state index contributed by atoms with van der Waals surface area (Å²) in [6, 6.07) is 11.9. The van der Waals surface area contributed by atoms with Gasteiger partial charge in [-0.25, -0.2) is 8.42 Å². The van der Waals surface area contributed by atoms with Crippen molar-refractivity contribution in [2.45, 2.75) is 37.5 Å². The van der Waals surface area contributed by atoms with Crippen LogP contribution in [-0.2, 0) is 21.2 Å². The molecular formula is C20H24N2O4S. The molecule has 144 valence electrons. The van der Waals surface area contributed by atoms with Crippen LogP contribution in [0.1, 0.15) is 31.7 Å². The quantitative estimate of drug-likeness (QED) is 0.787. The third-order valence-electron chi connectivity index (χ3n) is 4.57. The van der Waals surface area contributed by atoms with E-state index >= 15 is 0 Å². The van der Waals surface area contributed by atoms with Crippen LogP contribution in [0.2, 0.25) is 0 Å². The highest BCUT2D eigenvalue weighted by Crippen LogP contribution is 2.34. The van der Waals surface area contributed by atoms with Gasteiger partial charge in [-0.1, -0.05) is 25.5 Å². The van der Waals surface area contributed by atoms with E-state index in [-0.39, 0.29) is 10.8 Å². The van der Waals surface area contributed by atoms with Gasteiger partial charge in [-0.05, 0) is 42.7 Å². The molecule has 1 amide bonds. The topological polar surface area (TPSA) is 75.7 Å². The predicted octanol–water partition coefficient (Wildman–Crippen LogP) is 3.58. The van der Waals surface area contributed by atoms with E-state index in [1.807, 2.05) is 12.1 Å². The molecule has 3 rings (SSSR count). The number of rotatable bonds is 7. The molecule has 0 aliphatic carbocycles. The normalized spacial score (nSPS) is 14.4. The van der Waals surface area contributed by atoms with E-state index in [1.165, 1.54) is 7.11 Å². The molecule has 0 bridgehead atoms. The van der Waals surface area contributed by atoms with E-state index in [9.17, 15) is 13.2 Å². The highest BCUT2D eigenvalue weighted by Gasteiger charge is 2.25. The van der Waals surface area contributed by atoms with Gasteiger partial charge in [0.1, 0.15) is 5.75 Å². The summed E-state index contributed by atoms with van der Waals surface area (Å²) in [7, 11) is -2.19. The molecule has 0 unspecified atom stereocenters. The Bertz CT molecular complexity index is 923. The Kier molecular flexibility index (Phi) is 5.70. The van der Waals surface area contributed by atoms with Crippen LogP contribution in [0, 0.1) is 0 Å². The van der Waals surface area contributed by atoms with Crippen molar-refractivity contribution < 1.29 is 17.9 Å². The maximum Gasteiger partial charge on any atom is 0.261 e. The molecule has 1 heterocycles. The van der Waals surface area contributed by atoms with E-state index in [1.54, 1.807) is 35.2 Å². The van der Waals surface area contributed by atoms with Gasteiger partial charge in [0.25, 0.3) is 10.0 Å². The first-order chi connectivity index (χ1) is 12.9. The van der Waals surface area contributed by atoms with Gasteiger partial charge >= 0.3 is 0 Å². The molecule has 2 aromatic rings. The Balaban J connectivity index is 1.83. The zero-order chi connectivity index (χ0) is 19.4. The van der Waals surface area contributed by atoms with Gasteiger partial charge in [0.2, 0.25) is 5.91 Å². The Labute approximate surface area is 160 Å². The summed E-state index contributed by atoms with van der Waals surface area (Å²) in [4.78, 5) is 13.9. The average molecular weight is 388 g/mol. The summed E-state index contributed by atoms with van der Waals surface area (Å²) in [6.45, 7) is 2.73. The van der Waals surface area contributed by atoms with Gasteiger partial charge in [-0.15, -0.1) is 0 Å². The number of methoxy groups -OCH3 is 1. The molecule has 1 fully saturated rings. The van der Waals surface area contributed by atoms with E-state index in [2.05, 4.69) is 11.6 Å². The Morgan fingerprint density at radius 3 is 2.48 bits per heavy atom. The number of sulfonamides is 1. The monoisotopic (exact) mass is 388 g/mol. The fourth-order valence-electron chi connectivity index (χ4n) is 3.20. The second kappa shape index (κ2) is 8.00. The van der Waals surface area contributed by atoms with Crippen molar-refractivity contribution in [1.82, 2.24) is 0 Å². The molecule has 0 spiro atoms. The number of hydrogen-bond donors (Lipinski definition) is 1. The molecular weight excluding hydrogens is 364 g/mol. The lowest BCUT2D eigenvalue weighted by atomic mass is 10.1. The second-order valence-corrected chi connectivity index (χ2v) is 8.22. The molecule has 27 heavy (non-hydrogen) atoms. The number of hydrogen-bond acceptors (Lipinski definition) is 4. The first-order valence-corrected chi connectivity index (χ1v) is 10.5. The number of carbonyl (C=O) groups is 1. The van der Waals surface area contributed by atoms with E-state index in [0.29, 0.717) is 30.1 Å². The van der Waals surface area contributed by atoms with Gasteiger partial charge in [0, 0.05) is 19.0 Å². The molecule has 2 aromatic carbocycles. The van der Waals surface area contributed by atoms with Crippen molar-refractivity contribution in [3.63, 3.8) is 0 Å². The van der Waals surface area contributed by atoms with E-state index in [0.717, 1.165) is 24.8 Å². The van der Waals surface area contributed by atoms with Crippen molar-refractivity contribution in [1.29, 1.82) is 0 Å². The number of ether oxygens (including phenoxy) is 1. The average Bonchev–Trinajstić information content (AvgIpc) is 3.08. The number of nitrogens with one attached hydrogen (secondary N) is 1. The molecule has 1 saturated heterocycles. The highest BCUT2D eigenvalue weighted by atomic mass is 32.2. The number of carbonyl (C=O) groups excluding carboxylic acids is 1. The van der Waals surface area contributed by atoms with Crippen LogP contribution in [0.3, 0.4) is 0 Å². The molecule has 1 aliphatic heterocycles. The van der Waals surface area contributed by atoms with Crippen molar-refractivity contribution in [2.24, 2.45) is 0 Å². The van der Waals surface area contributed by atoms with Crippen LogP contribution in [0.5, 0.6) is 5.75 Å². The van der Waals surface area contributed by atoms with Crippen molar-refractivity contribution in [2.75, 3.05) is 23.3 Å². The van der Waals surface area contributed by atoms with Gasteiger partial charge in [-0.2, -0.15) is 0 Å². The minimum Gasteiger partial charge on any atom is -0.494 e. The molecule has 7 heteroatoms. The Morgan fingerprint density at radius 1 is 1.15 bits per heavy atom. The number of amides is 1. The lowest BCUT2D eigenvalue weighted by molar-refractivity contribution is -0.117. The summed E-state index contributed by atoms with van der Waals surface area (Å²) in [6.07, 6.45) is 3.26. The largest absolute Gasteiger partial charge is 0.494 e. The smallest absolute Gasteiger partial charge is 0.261 e. The lowest BCUT2D eigenvalue weighted by Gasteiger charge is -2.20. The molecule has 6 nitrogen and oxygen atoms in total. The van der Waals surface area contributed by atoms with Crippen molar-refractivity contribution in [3.05, 3.63) is 48.0 Å². The zero-order valence-corrected chi connectivity index (χ0v) is 16.4.